The Morgan fingerprint density at radius 3 is 3.00 bits per heavy atom. The van der Waals surface area contributed by atoms with Crippen LogP contribution in [0.3, 0.4) is 0 Å². The molecule has 0 amide bonds. The predicted molar refractivity (Wildman–Crippen MR) is 63.7 cm³/mol. The molecule has 2 unspecified atom stereocenters. The zero-order valence-electron chi connectivity index (χ0n) is 8.47. The largest absolute Gasteiger partial charge is 0.324 e. The summed E-state index contributed by atoms with van der Waals surface area (Å²) in [6, 6.07) is 2.77. The van der Waals surface area contributed by atoms with Gasteiger partial charge in [0.2, 0.25) is 0 Å². The Hall–Kier alpha value is -0.250. The van der Waals surface area contributed by atoms with Crippen LogP contribution < -0.4 is 5.73 Å². The van der Waals surface area contributed by atoms with Gasteiger partial charge < -0.3 is 5.73 Å². The van der Waals surface area contributed by atoms with E-state index < -0.39 is 0 Å². The third kappa shape index (κ3) is 2.01. The SMILES string of the molecule is CC1CSCc2c(Cl)ccc(F)c2C1N. The molecule has 1 aliphatic rings. The van der Waals surface area contributed by atoms with Gasteiger partial charge in [-0.25, -0.2) is 4.39 Å². The van der Waals surface area contributed by atoms with E-state index in [1.54, 1.807) is 17.8 Å². The van der Waals surface area contributed by atoms with Crippen molar-refractivity contribution in [1.82, 2.24) is 0 Å². The summed E-state index contributed by atoms with van der Waals surface area (Å²) in [5.74, 6) is 1.76. The second-order valence-corrected chi connectivity index (χ2v) is 5.38. The highest BCUT2D eigenvalue weighted by molar-refractivity contribution is 7.98. The number of fused-ring (bicyclic) bond motifs is 1. The third-order valence-corrected chi connectivity index (χ3v) is 4.43. The normalized spacial score (nSPS) is 25.9. The number of benzene rings is 1. The van der Waals surface area contributed by atoms with Crippen molar-refractivity contribution in [3.63, 3.8) is 0 Å². The van der Waals surface area contributed by atoms with Crippen molar-refractivity contribution in [2.24, 2.45) is 11.7 Å². The maximum absolute atomic E-state index is 13.7. The average molecular weight is 246 g/mol. The highest BCUT2D eigenvalue weighted by atomic mass is 35.5. The van der Waals surface area contributed by atoms with E-state index in [4.69, 9.17) is 17.3 Å². The Morgan fingerprint density at radius 2 is 2.27 bits per heavy atom. The lowest BCUT2D eigenvalue weighted by atomic mass is 9.93. The maximum Gasteiger partial charge on any atom is 0.128 e. The zero-order valence-corrected chi connectivity index (χ0v) is 10.0. The van der Waals surface area contributed by atoms with Crippen LogP contribution in [0.25, 0.3) is 0 Å². The summed E-state index contributed by atoms with van der Waals surface area (Å²) in [5, 5.41) is 0.628. The quantitative estimate of drug-likeness (QED) is 0.759. The summed E-state index contributed by atoms with van der Waals surface area (Å²) in [5.41, 5.74) is 7.53. The first kappa shape index (κ1) is 11.2. The van der Waals surface area contributed by atoms with Gasteiger partial charge >= 0.3 is 0 Å². The van der Waals surface area contributed by atoms with Gasteiger partial charge in [0.1, 0.15) is 5.82 Å². The van der Waals surface area contributed by atoms with Crippen molar-refractivity contribution < 1.29 is 4.39 Å². The van der Waals surface area contributed by atoms with Crippen molar-refractivity contribution in [3.05, 3.63) is 34.1 Å². The van der Waals surface area contributed by atoms with Crippen molar-refractivity contribution in [2.75, 3.05) is 5.75 Å². The van der Waals surface area contributed by atoms with Crippen LogP contribution in [0.15, 0.2) is 12.1 Å². The fraction of sp³-hybridized carbons (Fsp3) is 0.455. The van der Waals surface area contributed by atoms with Crippen molar-refractivity contribution in [3.8, 4) is 0 Å². The molecular formula is C11H13ClFNS. The third-order valence-electron chi connectivity index (χ3n) is 2.82. The van der Waals surface area contributed by atoms with Crippen molar-refractivity contribution >= 4 is 23.4 Å². The van der Waals surface area contributed by atoms with E-state index in [0.717, 1.165) is 17.1 Å². The zero-order chi connectivity index (χ0) is 11.0. The number of hydrogen-bond donors (Lipinski definition) is 1. The lowest BCUT2D eigenvalue weighted by Gasteiger charge is -2.19. The fourth-order valence-electron chi connectivity index (χ4n) is 1.85. The second-order valence-electron chi connectivity index (χ2n) is 3.94. The molecule has 0 aliphatic carbocycles. The Labute approximate surface area is 98.2 Å². The molecule has 0 saturated heterocycles. The van der Waals surface area contributed by atoms with Gasteiger partial charge in [-0.05, 0) is 29.4 Å². The van der Waals surface area contributed by atoms with E-state index in [1.165, 1.54) is 6.07 Å². The lowest BCUT2D eigenvalue weighted by molar-refractivity contribution is 0.492. The molecule has 0 fully saturated rings. The fourth-order valence-corrected chi connectivity index (χ4v) is 3.37. The van der Waals surface area contributed by atoms with E-state index in [1.807, 2.05) is 6.92 Å². The molecule has 2 rings (SSSR count). The van der Waals surface area contributed by atoms with Crippen LogP contribution in [0.1, 0.15) is 24.1 Å². The Balaban J connectivity index is 2.57. The molecule has 4 heteroatoms. The smallest absolute Gasteiger partial charge is 0.128 e. The van der Waals surface area contributed by atoms with Gasteiger partial charge in [-0.3, -0.25) is 0 Å². The summed E-state index contributed by atoms with van der Waals surface area (Å²) in [4.78, 5) is 0. The molecule has 2 N–H and O–H groups in total. The summed E-state index contributed by atoms with van der Waals surface area (Å²) >= 11 is 7.83. The highest BCUT2D eigenvalue weighted by Crippen LogP contribution is 2.37. The first-order chi connectivity index (χ1) is 7.11. The summed E-state index contributed by atoms with van der Waals surface area (Å²) in [7, 11) is 0. The lowest BCUT2D eigenvalue weighted by Crippen LogP contribution is -2.21. The molecular weight excluding hydrogens is 233 g/mol. The van der Waals surface area contributed by atoms with E-state index >= 15 is 0 Å². The number of nitrogens with two attached hydrogens (primary N) is 1. The van der Waals surface area contributed by atoms with Crippen LogP contribution in [-0.4, -0.2) is 5.75 Å². The molecule has 0 radical (unpaired) electrons. The molecule has 0 bridgehead atoms. The molecule has 1 heterocycles. The Morgan fingerprint density at radius 1 is 1.53 bits per heavy atom. The first-order valence-electron chi connectivity index (χ1n) is 4.91. The van der Waals surface area contributed by atoms with Gasteiger partial charge in [-0.2, -0.15) is 11.8 Å². The standard InChI is InChI=1S/C11H13ClFNS/c1-6-4-15-5-7-8(12)2-3-9(13)10(7)11(6)14/h2-3,6,11H,4-5,14H2,1H3. The van der Waals surface area contributed by atoms with E-state index in [9.17, 15) is 4.39 Å². The topological polar surface area (TPSA) is 26.0 Å². The van der Waals surface area contributed by atoms with Crippen molar-refractivity contribution in [2.45, 2.75) is 18.7 Å². The molecule has 0 spiro atoms. The second kappa shape index (κ2) is 4.32. The highest BCUT2D eigenvalue weighted by Gasteiger charge is 2.26. The minimum atomic E-state index is -0.242. The summed E-state index contributed by atoms with van der Waals surface area (Å²) in [6.45, 7) is 2.05. The van der Waals surface area contributed by atoms with Gasteiger partial charge in [0.15, 0.2) is 0 Å². The van der Waals surface area contributed by atoms with Gasteiger partial charge in [0.25, 0.3) is 0 Å². The average Bonchev–Trinajstić information content (AvgIpc) is 2.35. The first-order valence-corrected chi connectivity index (χ1v) is 6.44. The van der Waals surface area contributed by atoms with Crippen LogP contribution in [0.4, 0.5) is 4.39 Å². The monoisotopic (exact) mass is 245 g/mol. The van der Waals surface area contributed by atoms with E-state index in [0.29, 0.717) is 10.6 Å². The molecule has 0 saturated carbocycles. The number of hydrogen-bond acceptors (Lipinski definition) is 2. The number of halogens is 2. The Kier molecular flexibility index (Phi) is 3.24. The number of thioether (sulfide) groups is 1. The predicted octanol–water partition coefficient (Wildman–Crippen LogP) is 3.36. The van der Waals surface area contributed by atoms with Gasteiger partial charge in [-0.1, -0.05) is 18.5 Å². The van der Waals surface area contributed by atoms with Crippen molar-refractivity contribution in [1.29, 1.82) is 0 Å². The minimum absolute atomic E-state index is 0.226. The molecule has 15 heavy (non-hydrogen) atoms. The molecule has 1 aromatic rings. The van der Waals surface area contributed by atoms with Crippen LogP contribution in [0.5, 0.6) is 0 Å². The molecule has 82 valence electrons. The molecule has 0 aromatic heterocycles. The minimum Gasteiger partial charge on any atom is -0.324 e. The molecule has 1 aromatic carbocycles. The molecule has 1 nitrogen and oxygen atoms in total. The van der Waals surface area contributed by atoms with E-state index in [2.05, 4.69) is 0 Å². The van der Waals surface area contributed by atoms with E-state index in [-0.39, 0.29) is 17.8 Å². The van der Waals surface area contributed by atoms with Gasteiger partial charge in [0.05, 0.1) is 0 Å². The number of rotatable bonds is 0. The summed E-state index contributed by atoms with van der Waals surface area (Å²) < 4.78 is 13.7. The maximum atomic E-state index is 13.7. The van der Waals surface area contributed by atoms with Crippen LogP contribution in [-0.2, 0) is 5.75 Å². The van der Waals surface area contributed by atoms with Gasteiger partial charge in [-0.15, -0.1) is 0 Å². The van der Waals surface area contributed by atoms with Crippen LogP contribution in [0.2, 0.25) is 5.02 Å². The van der Waals surface area contributed by atoms with Crippen LogP contribution >= 0.6 is 23.4 Å². The van der Waals surface area contributed by atoms with Crippen LogP contribution in [0, 0.1) is 11.7 Å². The van der Waals surface area contributed by atoms with Gasteiger partial charge in [0, 0.05) is 22.4 Å². The molecule has 2 atom stereocenters. The molecule has 1 aliphatic heterocycles. The Bertz CT molecular complexity index is 383. The summed E-state index contributed by atoms with van der Waals surface area (Å²) in [6.07, 6.45) is 0.